The molecule has 2 N–H and O–H groups in total. The normalized spacial score (nSPS) is 10.2. The zero-order valence-corrected chi connectivity index (χ0v) is 7.83. The third kappa shape index (κ3) is 1.14. The van der Waals surface area contributed by atoms with Crippen molar-refractivity contribution in [3.8, 4) is 6.07 Å². The van der Waals surface area contributed by atoms with Gasteiger partial charge in [0.2, 0.25) is 0 Å². The van der Waals surface area contributed by atoms with Gasteiger partial charge < -0.3 is 9.97 Å². The van der Waals surface area contributed by atoms with Crippen LogP contribution in [0.4, 0.5) is 0 Å². The van der Waals surface area contributed by atoms with E-state index in [4.69, 9.17) is 17.5 Å². The lowest BCUT2D eigenvalue weighted by atomic mass is 10.1. The van der Waals surface area contributed by atoms with E-state index in [1.807, 2.05) is 13.0 Å². The summed E-state index contributed by atoms with van der Waals surface area (Å²) in [6.07, 6.45) is 0. The van der Waals surface area contributed by atoms with E-state index in [2.05, 4.69) is 16.0 Å². The van der Waals surface area contributed by atoms with Crippen LogP contribution in [0.15, 0.2) is 12.1 Å². The number of rotatable bonds is 0. The van der Waals surface area contributed by atoms with Crippen LogP contribution in [-0.2, 0) is 0 Å². The van der Waals surface area contributed by atoms with Crippen LogP contribution in [0, 0.1) is 23.0 Å². The first kappa shape index (κ1) is 8.02. The second-order valence-corrected chi connectivity index (χ2v) is 3.28. The van der Waals surface area contributed by atoms with Crippen molar-refractivity contribution in [3.63, 3.8) is 0 Å². The molecule has 0 spiro atoms. The topological polar surface area (TPSA) is 55.4 Å². The maximum absolute atomic E-state index is 8.82. The first-order valence-corrected chi connectivity index (χ1v) is 4.25. The summed E-state index contributed by atoms with van der Waals surface area (Å²) in [6, 6.07) is 5.80. The maximum atomic E-state index is 8.82. The molecule has 4 heteroatoms. The summed E-state index contributed by atoms with van der Waals surface area (Å²) < 4.78 is 0.556. The third-order valence-corrected chi connectivity index (χ3v) is 2.22. The SMILES string of the molecule is Cc1ccc(C#N)c2[nH]c(=S)[nH]c12. The first-order valence-electron chi connectivity index (χ1n) is 3.84. The van der Waals surface area contributed by atoms with E-state index in [9.17, 15) is 0 Å². The molecular formula is C9H7N3S. The van der Waals surface area contributed by atoms with Gasteiger partial charge in [0.15, 0.2) is 4.77 Å². The lowest BCUT2D eigenvalue weighted by Gasteiger charge is -1.95. The molecule has 1 aromatic carbocycles. The largest absolute Gasteiger partial charge is 0.330 e. The van der Waals surface area contributed by atoms with Crippen molar-refractivity contribution in [1.29, 1.82) is 5.26 Å². The fraction of sp³-hybridized carbons (Fsp3) is 0.111. The molecule has 0 atom stereocenters. The fourth-order valence-electron chi connectivity index (χ4n) is 1.35. The highest BCUT2D eigenvalue weighted by Crippen LogP contribution is 2.18. The molecule has 1 aromatic heterocycles. The van der Waals surface area contributed by atoms with Crippen molar-refractivity contribution in [3.05, 3.63) is 28.0 Å². The van der Waals surface area contributed by atoms with E-state index in [-0.39, 0.29) is 0 Å². The van der Waals surface area contributed by atoms with Gasteiger partial charge in [-0.15, -0.1) is 0 Å². The Labute approximate surface area is 80.0 Å². The molecule has 0 saturated heterocycles. The summed E-state index contributed by atoms with van der Waals surface area (Å²) in [4.78, 5) is 5.97. The number of aromatic amines is 2. The maximum Gasteiger partial charge on any atom is 0.175 e. The quantitative estimate of drug-likeness (QED) is 0.625. The fourth-order valence-corrected chi connectivity index (χ4v) is 1.55. The molecule has 0 saturated carbocycles. The Hall–Kier alpha value is -1.60. The Morgan fingerprint density at radius 1 is 1.31 bits per heavy atom. The zero-order valence-electron chi connectivity index (χ0n) is 7.01. The van der Waals surface area contributed by atoms with Crippen molar-refractivity contribution in [2.24, 2.45) is 0 Å². The van der Waals surface area contributed by atoms with E-state index in [1.54, 1.807) is 6.07 Å². The number of hydrogen-bond donors (Lipinski definition) is 2. The molecular weight excluding hydrogens is 182 g/mol. The van der Waals surface area contributed by atoms with Gasteiger partial charge in [-0.2, -0.15) is 5.26 Å². The van der Waals surface area contributed by atoms with Gasteiger partial charge in [0, 0.05) is 0 Å². The second-order valence-electron chi connectivity index (χ2n) is 2.87. The third-order valence-electron chi connectivity index (χ3n) is 2.01. The zero-order chi connectivity index (χ0) is 9.42. The molecule has 0 amide bonds. The van der Waals surface area contributed by atoms with Crippen molar-refractivity contribution in [1.82, 2.24) is 9.97 Å². The summed E-state index contributed by atoms with van der Waals surface area (Å²) in [6.45, 7) is 1.97. The number of nitriles is 1. The molecule has 0 unspecified atom stereocenters. The van der Waals surface area contributed by atoms with Crippen molar-refractivity contribution in [2.45, 2.75) is 6.92 Å². The molecule has 2 aromatic rings. The summed E-state index contributed by atoms with van der Waals surface area (Å²) in [7, 11) is 0. The van der Waals surface area contributed by atoms with Gasteiger partial charge in [-0.1, -0.05) is 6.07 Å². The van der Waals surface area contributed by atoms with Crippen molar-refractivity contribution >= 4 is 23.3 Å². The molecule has 0 aliphatic rings. The lowest BCUT2D eigenvalue weighted by Crippen LogP contribution is -1.81. The van der Waals surface area contributed by atoms with Crippen molar-refractivity contribution in [2.75, 3.05) is 0 Å². The van der Waals surface area contributed by atoms with Crippen LogP contribution in [0.2, 0.25) is 0 Å². The Bertz CT molecular complexity index is 556. The van der Waals surface area contributed by atoms with E-state index < -0.39 is 0 Å². The molecule has 0 radical (unpaired) electrons. The monoisotopic (exact) mass is 189 g/mol. The van der Waals surface area contributed by atoms with E-state index in [0.717, 1.165) is 16.6 Å². The minimum absolute atomic E-state index is 0.556. The molecule has 1 heterocycles. The lowest BCUT2D eigenvalue weighted by molar-refractivity contribution is 1.29. The minimum Gasteiger partial charge on any atom is -0.330 e. The summed E-state index contributed by atoms with van der Waals surface area (Å²) >= 11 is 4.96. The van der Waals surface area contributed by atoms with Gasteiger partial charge in [-0.25, -0.2) is 0 Å². The minimum atomic E-state index is 0.556. The highest BCUT2D eigenvalue weighted by atomic mass is 32.1. The number of imidazole rings is 1. The Balaban J connectivity index is 3.02. The Kier molecular flexibility index (Phi) is 1.67. The van der Waals surface area contributed by atoms with E-state index in [1.165, 1.54) is 0 Å². The smallest absolute Gasteiger partial charge is 0.175 e. The number of aryl methyl sites for hydroxylation is 1. The predicted octanol–water partition coefficient (Wildman–Crippen LogP) is 2.41. The molecule has 0 bridgehead atoms. The number of nitrogens with one attached hydrogen (secondary N) is 2. The molecule has 0 aliphatic carbocycles. The van der Waals surface area contributed by atoms with Gasteiger partial charge in [0.1, 0.15) is 6.07 Å². The number of hydrogen-bond acceptors (Lipinski definition) is 2. The summed E-state index contributed by atoms with van der Waals surface area (Å²) in [5, 5.41) is 8.82. The number of H-pyrrole nitrogens is 2. The van der Waals surface area contributed by atoms with E-state index in [0.29, 0.717) is 10.3 Å². The van der Waals surface area contributed by atoms with Crippen LogP contribution in [0.5, 0.6) is 0 Å². The second kappa shape index (κ2) is 2.71. The number of fused-ring (bicyclic) bond motifs is 1. The van der Waals surface area contributed by atoms with Gasteiger partial charge in [0.05, 0.1) is 16.6 Å². The van der Waals surface area contributed by atoms with Crippen LogP contribution in [0.1, 0.15) is 11.1 Å². The number of benzene rings is 1. The molecule has 2 rings (SSSR count). The van der Waals surface area contributed by atoms with Crippen molar-refractivity contribution < 1.29 is 0 Å². The molecule has 0 fully saturated rings. The highest BCUT2D eigenvalue weighted by Gasteiger charge is 2.04. The van der Waals surface area contributed by atoms with Gasteiger partial charge in [0.25, 0.3) is 0 Å². The molecule has 13 heavy (non-hydrogen) atoms. The number of aromatic nitrogens is 2. The number of nitrogens with zero attached hydrogens (tertiary/aromatic N) is 1. The Morgan fingerprint density at radius 2 is 2.00 bits per heavy atom. The van der Waals surface area contributed by atoms with E-state index >= 15 is 0 Å². The summed E-state index contributed by atoms with van der Waals surface area (Å²) in [5.74, 6) is 0. The molecule has 3 nitrogen and oxygen atoms in total. The average Bonchev–Trinajstić information content (AvgIpc) is 2.48. The first-order chi connectivity index (χ1) is 6.22. The summed E-state index contributed by atoms with van der Waals surface area (Å²) in [5.41, 5.74) is 3.42. The Morgan fingerprint density at radius 3 is 2.69 bits per heavy atom. The van der Waals surface area contributed by atoms with Crippen LogP contribution >= 0.6 is 12.2 Å². The average molecular weight is 189 g/mol. The van der Waals surface area contributed by atoms with Gasteiger partial charge >= 0.3 is 0 Å². The van der Waals surface area contributed by atoms with Crippen LogP contribution in [-0.4, -0.2) is 9.97 Å². The standard InChI is InChI=1S/C9H7N3S/c1-5-2-3-6(4-10)8-7(5)11-9(13)12-8/h2-3H,1H3,(H2,11,12,13). The molecule has 0 aliphatic heterocycles. The van der Waals surface area contributed by atoms with Crippen LogP contribution < -0.4 is 0 Å². The van der Waals surface area contributed by atoms with Gasteiger partial charge in [-0.3, -0.25) is 0 Å². The van der Waals surface area contributed by atoms with Crippen LogP contribution in [0.25, 0.3) is 11.0 Å². The molecule has 64 valence electrons. The van der Waals surface area contributed by atoms with Crippen LogP contribution in [0.3, 0.4) is 0 Å². The predicted molar refractivity (Wildman–Crippen MR) is 52.9 cm³/mol. The van der Waals surface area contributed by atoms with Gasteiger partial charge in [-0.05, 0) is 30.8 Å². The highest BCUT2D eigenvalue weighted by molar-refractivity contribution is 7.71.